The molecule has 1 heterocycles. The Hall–Kier alpha value is -2.47. The van der Waals surface area contributed by atoms with E-state index in [1.54, 1.807) is 48.5 Å². The van der Waals surface area contributed by atoms with Crippen molar-refractivity contribution < 1.29 is 14.7 Å². The van der Waals surface area contributed by atoms with Gasteiger partial charge in [-0.25, -0.2) is 0 Å². The molecule has 3 aromatic carbocycles. The lowest BCUT2D eigenvalue weighted by Crippen LogP contribution is -2.41. The number of anilines is 1. The average molecular weight is 471 g/mol. The summed E-state index contributed by atoms with van der Waals surface area (Å²) in [7, 11) is 0. The second-order valence-electron chi connectivity index (χ2n) is 7.01. The van der Waals surface area contributed by atoms with Gasteiger partial charge in [-0.1, -0.05) is 70.0 Å². The highest BCUT2D eigenvalue weighted by Crippen LogP contribution is 2.44. The Balaban J connectivity index is 1.71. The fourth-order valence-electron chi connectivity index (χ4n) is 3.58. The number of hydrogen-bond acceptors (Lipinski definition) is 3. The van der Waals surface area contributed by atoms with E-state index in [0.29, 0.717) is 21.8 Å². The first-order chi connectivity index (χ1) is 13.9. The predicted octanol–water partition coefficient (Wildman–Crippen LogP) is 5.11. The van der Waals surface area contributed by atoms with Gasteiger partial charge in [0.1, 0.15) is 0 Å². The number of Topliss-reactive ketones (excluding diaryl/α,β-unsaturated/α-hetero) is 1. The molecule has 29 heavy (non-hydrogen) atoms. The average Bonchev–Trinajstić information content (AvgIpc) is 2.92. The standard InChI is InChI=1S/C23H17BrClNO3/c24-17-8-11-20-19(12-17)23(29,13-21(27)16-4-2-1-3-5-16)22(28)26(20)14-15-6-9-18(25)10-7-15/h1-12,29H,13-14H2. The van der Waals surface area contributed by atoms with Crippen molar-refractivity contribution in [3.05, 3.63) is 99.0 Å². The third-order valence-electron chi connectivity index (χ3n) is 5.06. The van der Waals surface area contributed by atoms with E-state index in [4.69, 9.17) is 11.6 Å². The van der Waals surface area contributed by atoms with Crippen molar-refractivity contribution in [2.45, 2.75) is 18.6 Å². The topological polar surface area (TPSA) is 57.6 Å². The number of carbonyl (C=O) groups excluding carboxylic acids is 2. The molecule has 0 spiro atoms. The molecule has 0 aromatic heterocycles. The van der Waals surface area contributed by atoms with Crippen LogP contribution in [-0.4, -0.2) is 16.8 Å². The molecule has 0 radical (unpaired) electrons. The molecule has 1 aliphatic rings. The van der Waals surface area contributed by atoms with Crippen molar-refractivity contribution in [3.63, 3.8) is 0 Å². The van der Waals surface area contributed by atoms with E-state index >= 15 is 0 Å². The van der Waals surface area contributed by atoms with E-state index in [-0.39, 0.29) is 18.7 Å². The van der Waals surface area contributed by atoms with Crippen LogP contribution in [-0.2, 0) is 16.9 Å². The molecule has 0 bridgehead atoms. The Morgan fingerprint density at radius 2 is 1.72 bits per heavy atom. The summed E-state index contributed by atoms with van der Waals surface area (Å²) in [4.78, 5) is 27.6. The molecule has 1 aliphatic heterocycles. The maximum Gasteiger partial charge on any atom is 0.264 e. The smallest absolute Gasteiger partial charge is 0.264 e. The van der Waals surface area contributed by atoms with E-state index in [9.17, 15) is 14.7 Å². The van der Waals surface area contributed by atoms with Gasteiger partial charge >= 0.3 is 0 Å². The Labute approximate surface area is 181 Å². The highest BCUT2D eigenvalue weighted by molar-refractivity contribution is 9.10. The van der Waals surface area contributed by atoms with Gasteiger partial charge < -0.3 is 10.0 Å². The van der Waals surface area contributed by atoms with E-state index < -0.39 is 11.5 Å². The summed E-state index contributed by atoms with van der Waals surface area (Å²) >= 11 is 9.35. The van der Waals surface area contributed by atoms with Crippen LogP contribution in [0.2, 0.25) is 5.02 Å². The lowest BCUT2D eigenvalue weighted by molar-refractivity contribution is -0.136. The van der Waals surface area contributed by atoms with Crippen LogP contribution in [0.5, 0.6) is 0 Å². The fraction of sp³-hybridized carbons (Fsp3) is 0.130. The Bertz CT molecular complexity index is 1090. The Morgan fingerprint density at radius 1 is 1.03 bits per heavy atom. The molecule has 1 unspecified atom stereocenters. The van der Waals surface area contributed by atoms with Crippen molar-refractivity contribution in [1.82, 2.24) is 0 Å². The molecule has 1 N–H and O–H groups in total. The summed E-state index contributed by atoms with van der Waals surface area (Å²) in [5.41, 5.74) is 0.432. The maximum absolute atomic E-state index is 13.3. The van der Waals surface area contributed by atoms with Gasteiger partial charge in [-0.2, -0.15) is 0 Å². The predicted molar refractivity (Wildman–Crippen MR) is 116 cm³/mol. The summed E-state index contributed by atoms with van der Waals surface area (Å²) in [6, 6.07) is 21.1. The van der Waals surface area contributed by atoms with Gasteiger partial charge in [-0.3, -0.25) is 9.59 Å². The summed E-state index contributed by atoms with van der Waals surface area (Å²) in [5, 5.41) is 12.0. The normalized spacial score (nSPS) is 18.0. The number of fused-ring (bicyclic) bond motifs is 1. The van der Waals surface area contributed by atoms with Gasteiger partial charge in [-0.05, 0) is 35.9 Å². The van der Waals surface area contributed by atoms with Gasteiger partial charge in [0.25, 0.3) is 5.91 Å². The third kappa shape index (κ3) is 3.73. The first kappa shape index (κ1) is 19.8. The van der Waals surface area contributed by atoms with E-state index in [0.717, 1.165) is 10.0 Å². The summed E-state index contributed by atoms with van der Waals surface area (Å²) in [5.74, 6) is -0.800. The molecular formula is C23H17BrClNO3. The van der Waals surface area contributed by atoms with Crippen molar-refractivity contribution in [2.24, 2.45) is 0 Å². The number of benzene rings is 3. The minimum absolute atomic E-state index is 0.270. The molecule has 0 aliphatic carbocycles. The number of nitrogens with zero attached hydrogens (tertiary/aromatic N) is 1. The second kappa shape index (κ2) is 7.75. The molecule has 4 rings (SSSR count). The SMILES string of the molecule is O=C(CC1(O)C(=O)N(Cc2ccc(Cl)cc2)c2ccc(Br)cc21)c1ccccc1. The minimum Gasteiger partial charge on any atom is -0.375 e. The molecule has 1 atom stereocenters. The summed E-state index contributed by atoms with van der Waals surface area (Å²) in [6.07, 6.45) is -0.323. The lowest BCUT2D eigenvalue weighted by atomic mass is 9.88. The van der Waals surface area contributed by atoms with Gasteiger partial charge in [-0.15, -0.1) is 0 Å². The molecule has 0 saturated heterocycles. The van der Waals surface area contributed by atoms with E-state index in [1.807, 2.05) is 24.3 Å². The number of rotatable bonds is 5. The minimum atomic E-state index is -1.92. The maximum atomic E-state index is 13.3. The van der Waals surface area contributed by atoms with Gasteiger partial charge in [0.15, 0.2) is 11.4 Å². The zero-order valence-corrected chi connectivity index (χ0v) is 17.7. The highest BCUT2D eigenvalue weighted by Gasteiger charge is 2.51. The van der Waals surface area contributed by atoms with Gasteiger partial charge in [0, 0.05) is 20.6 Å². The molecule has 4 nitrogen and oxygen atoms in total. The zero-order chi connectivity index (χ0) is 20.6. The second-order valence-corrected chi connectivity index (χ2v) is 8.36. The third-order valence-corrected chi connectivity index (χ3v) is 5.81. The number of aliphatic hydroxyl groups is 1. The van der Waals surface area contributed by atoms with Crippen LogP contribution in [0.4, 0.5) is 5.69 Å². The molecule has 146 valence electrons. The number of amides is 1. The number of halogens is 2. The Morgan fingerprint density at radius 3 is 2.41 bits per heavy atom. The monoisotopic (exact) mass is 469 g/mol. The summed E-state index contributed by atoms with van der Waals surface area (Å²) in [6.45, 7) is 0.270. The van der Waals surface area contributed by atoms with Crippen molar-refractivity contribution in [2.75, 3.05) is 4.90 Å². The van der Waals surface area contributed by atoms with Crippen molar-refractivity contribution in [3.8, 4) is 0 Å². The molecule has 0 saturated carbocycles. The quantitative estimate of drug-likeness (QED) is 0.527. The largest absolute Gasteiger partial charge is 0.375 e. The molecular weight excluding hydrogens is 454 g/mol. The van der Waals surface area contributed by atoms with Crippen LogP contribution >= 0.6 is 27.5 Å². The number of ketones is 1. The van der Waals surface area contributed by atoms with Crippen molar-refractivity contribution >= 4 is 44.9 Å². The lowest BCUT2D eigenvalue weighted by Gasteiger charge is -2.23. The van der Waals surface area contributed by atoms with Gasteiger partial charge in [0.05, 0.1) is 18.7 Å². The highest BCUT2D eigenvalue weighted by atomic mass is 79.9. The first-order valence-electron chi connectivity index (χ1n) is 9.05. The summed E-state index contributed by atoms with van der Waals surface area (Å²) < 4.78 is 0.725. The molecule has 0 fully saturated rings. The number of hydrogen-bond donors (Lipinski definition) is 1. The van der Waals surface area contributed by atoms with Crippen LogP contribution in [0, 0.1) is 0 Å². The zero-order valence-electron chi connectivity index (χ0n) is 15.3. The van der Waals surface area contributed by atoms with Gasteiger partial charge in [0.2, 0.25) is 0 Å². The van der Waals surface area contributed by atoms with Crippen LogP contribution in [0.25, 0.3) is 0 Å². The van der Waals surface area contributed by atoms with Crippen molar-refractivity contribution in [1.29, 1.82) is 0 Å². The van der Waals surface area contributed by atoms with Crippen LogP contribution in [0.1, 0.15) is 27.9 Å². The Kier molecular flexibility index (Phi) is 5.30. The van der Waals surface area contributed by atoms with E-state index in [1.165, 1.54) is 4.90 Å². The fourth-order valence-corrected chi connectivity index (χ4v) is 4.07. The van der Waals surface area contributed by atoms with Crippen LogP contribution in [0.15, 0.2) is 77.3 Å². The molecule has 6 heteroatoms. The number of carbonyl (C=O) groups is 2. The first-order valence-corrected chi connectivity index (χ1v) is 10.2. The van der Waals surface area contributed by atoms with E-state index in [2.05, 4.69) is 15.9 Å². The molecule has 1 amide bonds. The van der Waals surface area contributed by atoms with Crippen LogP contribution in [0.3, 0.4) is 0 Å². The van der Waals surface area contributed by atoms with Crippen LogP contribution < -0.4 is 4.90 Å². The molecule has 3 aromatic rings.